The molecule has 0 N–H and O–H groups in total. The molecule has 0 aromatic carbocycles. The lowest BCUT2D eigenvalue weighted by Crippen LogP contribution is -2.29. The van der Waals surface area contributed by atoms with Gasteiger partial charge in [0, 0.05) is 18.7 Å². The Labute approximate surface area is 127 Å². The van der Waals surface area contributed by atoms with Crippen LogP contribution in [0.3, 0.4) is 0 Å². The van der Waals surface area contributed by atoms with Gasteiger partial charge in [0.05, 0.1) is 23.2 Å². The molecule has 2 aromatic heterocycles. The van der Waals surface area contributed by atoms with E-state index in [-0.39, 0.29) is 12.5 Å². The van der Waals surface area contributed by atoms with E-state index in [1.54, 1.807) is 24.8 Å². The zero-order valence-corrected chi connectivity index (χ0v) is 12.6. The summed E-state index contributed by atoms with van der Waals surface area (Å²) in [5.41, 5.74) is 1.99. The predicted octanol–water partition coefficient (Wildman–Crippen LogP) is 1.62. The van der Waals surface area contributed by atoms with Crippen molar-refractivity contribution in [3.63, 3.8) is 0 Å². The molecular weight excluding hydrogens is 286 g/mol. The van der Waals surface area contributed by atoms with Crippen LogP contribution in [0.25, 0.3) is 11.1 Å². The molecule has 1 fully saturated rings. The van der Waals surface area contributed by atoms with Crippen molar-refractivity contribution in [3.8, 4) is 0 Å². The number of nitrogens with zero attached hydrogens (tertiary/aromatic N) is 3. The molecule has 7 heteroatoms. The van der Waals surface area contributed by atoms with E-state index in [9.17, 15) is 9.59 Å². The lowest BCUT2D eigenvalue weighted by molar-refractivity contribution is -0.128. The van der Waals surface area contributed by atoms with Crippen LogP contribution in [0.1, 0.15) is 34.6 Å². The van der Waals surface area contributed by atoms with Gasteiger partial charge < -0.3 is 14.2 Å². The molecular formula is C15H17N3O4. The minimum absolute atomic E-state index is 0.119. The number of esters is 1. The largest absolute Gasteiger partial charge is 0.460 e. The number of aromatic nitrogens is 2. The van der Waals surface area contributed by atoms with Crippen LogP contribution in [0.4, 0.5) is 0 Å². The molecule has 22 heavy (non-hydrogen) atoms. The molecule has 0 unspecified atom stereocenters. The van der Waals surface area contributed by atoms with Crippen molar-refractivity contribution >= 4 is 23.0 Å². The van der Waals surface area contributed by atoms with Crippen molar-refractivity contribution < 1.29 is 18.8 Å². The van der Waals surface area contributed by atoms with Gasteiger partial charge in [0.2, 0.25) is 5.91 Å². The van der Waals surface area contributed by atoms with Gasteiger partial charge in [0.25, 0.3) is 5.71 Å². The summed E-state index contributed by atoms with van der Waals surface area (Å²) < 4.78 is 10.4. The van der Waals surface area contributed by atoms with Crippen LogP contribution < -0.4 is 0 Å². The van der Waals surface area contributed by atoms with E-state index in [1.165, 1.54) is 0 Å². The van der Waals surface area contributed by atoms with E-state index in [0.29, 0.717) is 41.0 Å². The lowest BCUT2D eigenvalue weighted by Gasteiger charge is -2.15. The average molecular weight is 303 g/mol. The van der Waals surface area contributed by atoms with Gasteiger partial charge in [-0.25, -0.2) is 9.78 Å². The predicted molar refractivity (Wildman–Crippen MR) is 77.4 cm³/mol. The van der Waals surface area contributed by atoms with Gasteiger partial charge in [-0.3, -0.25) is 4.79 Å². The number of ether oxygens (including phenoxy) is 1. The van der Waals surface area contributed by atoms with Gasteiger partial charge in [-0.05, 0) is 26.3 Å². The highest BCUT2D eigenvalue weighted by atomic mass is 16.5. The summed E-state index contributed by atoms with van der Waals surface area (Å²) in [5, 5.41) is 4.41. The molecule has 1 aliphatic rings. The highest BCUT2D eigenvalue weighted by Gasteiger charge is 2.22. The third-order valence-corrected chi connectivity index (χ3v) is 3.73. The molecule has 1 amide bonds. The molecule has 7 nitrogen and oxygen atoms in total. The first-order valence-electron chi connectivity index (χ1n) is 7.25. The smallest absolute Gasteiger partial charge is 0.339 e. The number of hydrogen-bond acceptors (Lipinski definition) is 6. The highest BCUT2D eigenvalue weighted by molar-refractivity contribution is 6.03. The van der Waals surface area contributed by atoms with Crippen molar-refractivity contribution in [3.05, 3.63) is 23.0 Å². The van der Waals surface area contributed by atoms with Crippen molar-refractivity contribution in [2.75, 3.05) is 19.7 Å². The summed E-state index contributed by atoms with van der Waals surface area (Å²) in [6.07, 6.45) is 1.45. The van der Waals surface area contributed by atoms with Gasteiger partial charge in [-0.2, -0.15) is 0 Å². The van der Waals surface area contributed by atoms with Crippen LogP contribution >= 0.6 is 0 Å². The lowest BCUT2D eigenvalue weighted by atomic mass is 10.1. The van der Waals surface area contributed by atoms with Gasteiger partial charge in [-0.1, -0.05) is 5.16 Å². The Bertz CT molecular complexity index is 738. The second-order valence-corrected chi connectivity index (χ2v) is 5.38. The van der Waals surface area contributed by atoms with Crippen LogP contribution in [-0.4, -0.2) is 46.6 Å². The number of fused-ring (bicyclic) bond motifs is 1. The first-order chi connectivity index (χ1) is 10.6. The molecule has 0 saturated carbocycles. The van der Waals surface area contributed by atoms with Crippen molar-refractivity contribution in [2.24, 2.45) is 0 Å². The molecule has 0 spiro atoms. The summed E-state index contributed by atoms with van der Waals surface area (Å²) in [4.78, 5) is 29.7. The Balaban J connectivity index is 1.72. The fourth-order valence-electron chi connectivity index (χ4n) is 2.65. The Morgan fingerprint density at radius 1 is 1.45 bits per heavy atom. The van der Waals surface area contributed by atoms with Gasteiger partial charge in [0.1, 0.15) is 6.61 Å². The van der Waals surface area contributed by atoms with E-state index < -0.39 is 5.97 Å². The minimum Gasteiger partial charge on any atom is -0.460 e. The van der Waals surface area contributed by atoms with Crippen molar-refractivity contribution in [2.45, 2.75) is 26.7 Å². The highest BCUT2D eigenvalue weighted by Crippen LogP contribution is 2.22. The monoisotopic (exact) mass is 303 g/mol. The second kappa shape index (κ2) is 5.75. The van der Waals surface area contributed by atoms with E-state index >= 15 is 0 Å². The van der Waals surface area contributed by atoms with E-state index in [1.807, 2.05) is 0 Å². The van der Waals surface area contributed by atoms with E-state index in [0.717, 1.165) is 13.0 Å². The minimum atomic E-state index is -0.451. The molecule has 1 aliphatic heterocycles. The number of hydrogen-bond donors (Lipinski definition) is 0. The maximum Gasteiger partial charge on any atom is 0.339 e. The molecule has 0 aliphatic carbocycles. The number of carbonyl (C=O) groups is 2. The number of rotatable bonds is 4. The fraction of sp³-hybridized carbons (Fsp3) is 0.467. The summed E-state index contributed by atoms with van der Waals surface area (Å²) in [5.74, 6) is -0.332. The summed E-state index contributed by atoms with van der Waals surface area (Å²) in [6.45, 7) is 4.87. The second-order valence-electron chi connectivity index (χ2n) is 5.38. The van der Waals surface area contributed by atoms with Crippen LogP contribution in [0.5, 0.6) is 0 Å². The SMILES string of the molecule is Cc1cc(C(=O)OCCN2CCCC2=O)c2c(C)noc2n1. The summed E-state index contributed by atoms with van der Waals surface area (Å²) in [6, 6.07) is 1.66. The Morgan fingerprint density at radius 2 is 2.27 bits per heavy atom. The average Bonchev–Trinajstić information content (AvgIpc) is 3.05. The molecule has 3 rings (SSSR count). The van der Waals surface area contributed by atoms with Gasteiger partial charge in [-0.15, -0.1) is 0 Å². The first-order valence-corrected chi connectivity index (χ1v) is 7.25. The third kappa shape index (κ3) is 2.66. The molecule has 116 valence electrons. The van der Waals surface area contributed by atoms with Crippen LogP contribution in [0.2, 0.25) is 0 Å². The Kier molecular flexibility index (Phi) is 3.79. The number of amides is 1. The molecule has 0 radical (unpaired) electrons. The van der Waals surface area contributed by atoms with Crippen LogP contribution in [0, 0.1) is 13.8 Å². The first kappa shape index (κ1) is 14.5. The van der Waals surface area contributed by atoms with Crippen molar-refractivity contribution in [1.82, 2.24) is 15.0 Å². The Morgan fingerprint density at radius 3 is 3.00 bits per heavy atom. The maximum absolute atomic E-state index is 12.3. The summed E-state index contributed by atoms with van der Waals surface area (Å²) in [7, 11) is 0. The third-order valence-electron chi connectivity index (χ3n) is 3.73. The van der Waals surface area contributed by atoms with Crippen molar-refractivity contribution in [1.29, 1.82) is 0 Å². The molecule has 0 bridgehead atoms. The normalized spacial score (nSPS) is 14.8. The zero-order chi connectivity index (χ0) is 15.7. The number of likely N-dealkylation sites (tertiary alicyclic amines) is 1. The topological polar surface area (TPSA) is 85.5 Å². The summed E-state index contributed by atoms with van der Waals surface area (Å²) >= 11 is 0. The molecule has 2 aromatic rings. The zero-order valence-electron chi connectivity index (χ0n) is 12.6. The maximum atomic E-state index is 12.3. The van der Waals surface area contributed by atoms with E-state index in [2.05, 4.69) is 10.1 Å². The number of aryl methyl sites for hydroxylation is 2. The number of pyridine rings is 1. The standard InChI is InChI=1S/C15H17N3O4/c1-9-8-11(13-10(2)17-22-14(13)16-9)15(20)21-7-6-18-5-3-4-12(18)19/h8H,3-7H2,1-2H3. The number of carbonyl (C=O) groups excluding carboxylic acids is 2. The van der Waals surface area contributed by atoms with Crippen LogP contribution in [-0.2, 0) is 9.53 Å². The Hall–Kier alpha value is -2.44. The van der Waals surface area contributed by atoms with Gasteiger partial charge in [0.15, 0.2) is 0 Å². The van der Waals surface area contributed by atoms with E-state index in [4.69, 9.17) is 9.26 Å². The van der Waals surface area contributed by atoms with Gasteiger partial charge >= 0.3 is 5.97 Å². The fourth-order valence-corrected chi connectivity index (χ4v) is 2.65. The van der Waals surface area contributed by atoms with Crippen LogP contribution in [0.15, 0.2) is 10.6 Å². The molecule has 1 saturated heterocycles. The molecule has 0 atom stereocenters. The molecule has 3 heterocycles. The quantitative estimate of drug-likeness (QED) is 0.798.